The molecule has 48 heavy (non-hydrogen) atoms. The minimum Gasteiger partial charge on any atom is -0.307 e. The summed E-state index contributed by atoms with van der Waals surface area (Å²) in [5.74, 6) is 0. The molecule has 0 unspecified atom stereocenters. The summed E-state index contributed by atoms with van der Waals surface area (Å²) in [4.78, 5) is 0. The second-order valence-electron chi connectivity index (χ2n) is 12.7. The van der Waals surface area contributed by atoms with E-state index in [1.807, 2.05) is 12.1 Å². The molecule has 1 aliphatic rings. The topological polar surface area (TPSA) is 4.93 Å². The molecular weight excluding hydrogens is 670 g/mol. The molecule has 0 spiro atoms. The molecule has 1 aliphatic carbocycles. The molecule has 3 heteroatoms. The van der Waals surface area contributed by atoms with Gasteiger partial charge in [0.2, 0.25) is 0 Å². The minimum atomic E-state index is -0.636. The average Bonchev–Trinajstić information content (AvgIpc) is 3.63. The van der Waals surface area contributed by atoms with Gasteiger partial charge in [-0.1, -0.05) is 167 Å². The average molecular weight is 697 g/mol. The van der Waals surface area contributed by atoms with E-state index in [9.17, 15) is 0 Å². The summed E-state index contributed by atoms with van der Waals surface area (Å²) in [5.41, 5.74) is 10.2. The Balaban J connectivity index is 1.50. The molecule has 0 saturated carbocycles. The van der Waals surface area contributed by atoms with Crippen LogP contribution >= 0.6 is 27.5 Å². The molecule has 0 atom stereocenters. The Morgan fingerprint density at radius 2 is 1.06 bits per heavy atom. The lowest BCUT2D eigenvalue weighted by Crippen LogP contribution is -2.29. The summed E-state index contributed by atoms with van der Waals surface area (Å²) in [6.45, 7) is 0. The van der Waals surface area contributed by atoms with Crippen molar-refractivity contribution in [2.24, 2.45) is 0 Å². The van der Waals surface area contributed by atoms with Gasteiger partial charge in [0.05, 0.1) is 27.2 Å². The first-order valence-electron chi connectivity index (χ1n) is 16.3. The molecule has 0 aliphatic heterocycles. The van der Waals surface area contributed by atoms with Crippen molar-refractivity contribution in [3.8, 4) is 16.8 Å². The van der Waals surface area contributed by atoms with Crippen LogP contribution in [0.15, 0.2) is 168 Å². The Hall–Kier alpha value is -5.15. The number of aromatic nitrogens is 1. The zero-order valence-electron chi connectivity index (χ0n) is 25.8. The zero-order valence-corrected chi connectivity index (χ0v) is 28.1. The molecular formula is C45H27BrClN. The van der Waals surface area contributed by atoms with Gasteiger partial charge < -0.3 is 4.57 Å². The largest absolute Gasteiger partial charge is 0.307 e. The summed E-state index contributed by atoms with van der Waals surface area (Å²) in [7, 11) is 0. The number of nitrogens with zero attached hydrogens (tertiary/aromatic N) is 1. The second-order valence-corrected chi connectivity index (χ2v) is 13.9. The number of para-hydroxylation sites is 2. The SMILES string of the molecule is Clc1ccccc1-n1c2ccccc2c2ccc3c(c21)-c1cccc(Br)c1C3(c1cccc2ccccc12)c1cccc2ccccc12. The first-order chi connectivity index (χ1) is 23.7. The maximum absolute atomic E-state index is 7.04. The Morgan fingerprint density at radius 1 is 0.479 bits per heavy atom. The van der Waals surface area contributed by atoms with Gasteiger partial charge in [-0.3, -0.25) is 0 Å². The molecule has 1 aromatic heterocycles. The van der Waals surface area contributed by atoms with E-state index in [4.69, 9.17) is 11.6 Å². The molecule has 9 aromatic rings. The lowest BCUT2D eigenvalue weighted by molar-refractivity contribution is 0.780. The van der Waals surface area contributed by atoms with Gasteiger partial charge in [-0.05, 0) is 73.6 Å². The second kappa shape index (κ2) is 10.4. The maximum atomic E-state index is 7.04. The Bertz CT molecular complexity index is 2680. The Morgan fingerprint density at radius 3 is 1.77 bits per heavy atom. The molecule has 226 valence electrons. The summed E-state index contributed by atoms with van der Waals surface area (Å²) < 4.78 is 3.48. The number of hydrogen-bond acceptors (Lipinski definition) is 0. The van der Waals surface area contributed by atoms with E-state index < -0.39 is 5.41 Å². The number of hydrogen-bond donors (Lipinski definition) is 0. The molecule has 0 amide bonds. The van der Waals surface area contributed by atoms with Crippen LogP contribution in [0.2, 0.25) is 5.02 Å². The maximum Gasteiger partial charge on any atom is 0.0737 e. The van der Waals surface area contributed by atoms with E-state index in [1.165, 1.54) is 71.2 Å². The van der Waals surface area contributed by atoms with Gasteiger partial charge in [0.25, 0.3) is 0 Å². The highest BCUT2D eigenvalue weighted by Gasteiger charge is 2.50. The van der Waals surface area contributed by atoms with Gasteiger partial charge in [-0.2, -0.15) is 0 Å². The first-order valence-corrected chi connectivity index (χ1v) is 17.4. The molecule has 0 radical (unpaired) electrons. The summed E-state index contributed by atoms with van der Waals surface area (Å²) in [6, 6.07) is 59.5. The predicted molar refractivity (Wildman–Crippen MR) is 206 cm³/mol. The van der Waals surface area contributed by atoms with Crippen LogP contribution in [-0.4, -0.2) is 4.57 Å². The first kappa shape index (κ1) is 27.9. The quantitative estimate of drug-likeness (QED) is 0.173. The number of fused-ring (bicyclic) bond motifs is 9. The third-order valence-electron chi connectivity index (χ3n) is 10.4. The predicted octanol–water partition coefficient (Wildman–Crippen LogP) is 12.9. The van der Waals surface area contributed by atoms with E-state index in [0.29, 0.717) is 0 Å². The monoisotopic (exact) mass is 695 g/mol. The van der Waals surface area contributed by atoms with E-state index in [-0.39, 0.29) is 0 Å². The fraction of sp³-hybridized carbons (Fsp3) is 0.0222. The van der Waals surface area contributed by atoms with Crippen LogP contribution in [-0.2, 0) is 5.41 Å². The van der Waals surface area contributed by atoms with Crippen molar-refractivity contribution < 1.29 is 0 Å². The third kappa shape index (κ3) is 3.62. The van der Waals surface area contributed by atoms with E-state index >= 15 is 0 Å². The lowest BCUT2D eigenvalue weighted by Gasteiger charge is -2.36. The smallest absolute Gasteiger partial charge is 0.0737 e. The van der Waals surface area contributed by atoms with Crippen LogP contribution in [0.4, 0.5) is 0 Å². The highest BCUT2D eigenvalue weighted by atomic mass is 79.9. The van der Waals surface area contributed by atoms with Gasteiger partial charge in [0.1, 0.15) is 0 Å². The van der Waals surface area contributed by atoms with Crippen molar-refractivity contribution in [1.82, 2.24) is 4.57 Å². The van der Waals surface area contributed by atoms with Crippen LogP contribution in [0, 0.1) is 0 Å². The van der Waals surface area contributed by atoms with Crippen LogP contribution in [0.5, 0.6) is 0 Å². The van der Waals surface area contributed by atoms with Crippen LogP contribution in [0.25, 0.3) is 60.2 Å². The third-order valence-corrected chi connectivity index (χ3v) is 11.4. The summed E-state index contributed by atoms with van der Waals surface area (Å²) in [5, 5.41) is 8.08. The molecule has 0 fully saturated rings. The molecule has 10 rings (SSSR count). The fourth-order valence-electron chi connectivity index (χ4n) is 8.58. The highest BCUT2D eigenvalue weighted by molar-refractivity contribution is 9.10. The van der Waals surface area contributed by atoms with E-state index in [1.54, 1.807) is 0 Å². The highest BCUT2D eigenvalue weighted by Crippen LogP contribution is 2.62. The van der Waals surface area contributed by atoms with Gasteiger partial charge in [-0.25, -0.2) is 0 Å². The standard InChI is InChI=1S/C45H27BrClN/c46-38-22-11-19-34-42-37(27-26-33-32-18-5-7-24-40(32)48(44(33)42)41-25-8-6-23-39(41)47)45(43(34)38,35-20-9-14-28-12-1-3-16-30(28)35)36-21-10-15-29-13-2-4-17-31(29)36/h1-27H. The summed E-state index contributed by atoms with van der Waals surface area (Å²) >= 11 is 11.2. The molecule has 0 saturated heterocycles. The molecule has 1 heterocycles. The van der Waals surface area contributed by atoms with Crippen molar-refractivity contribution in [1.29, 1.82) is 0 Å². The Kier molecular flexibility index (Phi) is 6.06. The van der Waals surface area contributed by atoms with Crippen molar-refractivity contribution in [2.75, 3.05) is 0 Å². The fourth-order valence-corrected chi connectivity index (χ4v) is 9.47. The van der Waals surface area contributed by atoms with Crippen LogP contribution < -0.4 is 0 Å². The van der Waals surface area contributed by atoms with Crippen LogP contribution in [0.3, 0.4) is 0 Å². The van der Waals surface area contributed by atoms with Gasteiger partial charge >= 0.3 is 0 Å². The Labute approximate surface area is 291 Å². The van der Waals surface area contributed by atoms with Crippen molar-refractivity contribution >= 4 is 70.9 Å². The lowest BCUT2D eigenvalue weighted by atomic mass is 9.65. The normalized spacial score (nSPS) is 13.4. The van der Waals surface area contributed by atoms with Crippen molar-refractivity contribution in [2.45, 2.75) is 5.41 Å². The number of halogens is 2. The minimum absolute atomic E-state index is 0.636. The van der Waals surface area contributed by atoms with E-state index in [0.717, 1.165) is 20.7 Å². The number of benzene rings is 8. The van der Waals surface area contributed by atoms with E-state index in [2.05, 4.69) is 172 Å². The molecule has 8 aromatic carbocycles. The summed E-state index contributed by atoms with van der Waals surface area (Å²) in [6.07, 6.45) is 0. The van der Waals surface area contributed by atoms with Crippen molar-refractivity contribution in [3.63, 3.8) is 0 Å². The van der Waals surface area contributed by atoms with Gasteiger partial charge in [-0.15, -0.1) is 0 Å². The molecule has 1 nitrogen and oxygen atoms in total. The number of rotatable bonds is 3. The van der Waals surface area contributed by atoms with Gasteiger partial charge in [0, 0.05) is 20.8 Å². The zero-order chi connectivity index (χ0) is 32.0. The molecule has 0 bridgehead atoms. The van der Waals surface area contributed by atoms with Crippen LogP contribution in [0.1, 0.15) is 22.3 Å². The van der Waals surface area contributed by atoms with Crippen molar-refractivity contribution in [3.05, 3.63) is 196 Å². The van der Waals surface area contributed by atoms with Gasteiger partial charge in [0.15, 0.2) is 0 Å². The molecule has 0 N–H and O–H groups in total.